The monoisotopic (exact) mass is 218 g/mol. The van der Waals surface area contributed by atoms with Gasteiger partial charge < -0.3 is 9.47 Å². The fraction of sp³-hybridized carbons (Fsp3) is 0.364. The van der Waals surface area contributed by atoms with Crippen molar-refractivity contribution in [2.24, 2.45) is 0 Å². The van der Waals surface area contributed by atoms with Crippen molar-refractivity contribution in [3.05, 3.63) is 17.8 Å². The van der Waals surface area contributed by atoms with Gasteiger partial charge in [-0.15, -0.1) is 0 Å². The average molecular weight is 218 g/mol. The van der Waals surface area contributed by atoms with Crippen LogP contribution < -0.4 is 9.47 Å². The summed E-state index contributed by atoms with van der Waals surface area (Å²) < 4.78 is 10.6. The lowest BCUT2D eigenvalue weighted by Gasteiger charge is -2.17. The molecule has 0 aliphatic carbocycles. The zero-order valence-corrected chi connectivity index (χ0v) is 8.60. The van der Waals surface area contributed by atoms with Crippen molar-refractivity contribution in [1.82, 2.24) is 4.98 Å². The van der Waals surface area contributed by atoms with Crippen LogP contribution in [-0.2, 0) is 0 Å². The Morgan fingerprint density at radius 3 is 3.12 bits per heavy atom. The lowest BCUT2D eigenvalue weighted by Crippen LogP contribution is -2.17. The number of ether oxygens (including phenoxy) is 2. The second-order valence-corrected chi connectivity index (χ2v) is 3.31. The first-order valence-corrected chi connectivity index (χ1v) is 4.97. The molecule has 0 unspecified atom stereocenters. The van der Waals surface area contributed by atoms with Gasteiger partial charge in [0, 0.05) is 24.6 Å². The minimum Gasteiger partial charge on any atom is -0.484 e. The lowest BCUT2D eigenvalue weighted by molar-refractivity contribution is 0.0982. The first-order valence-electron chi connectivity index (χ1n) is 4.97. The molecule has 0 saturated heterocycles. The molecule has 0 N–H and O–H groups in total. The molecule has 0 amide bonds. The largest absolute Gasteiger partial charge is 0.484 e. The zero-order chi connectivity index (χ0) is 11.4. The lowest BCUT2D eigenvalue weighted by atomic mass is 10.1. The van der Waals surface area contributed by atoms with Crippen molar-refractivity contribution in [3.63, 3.8) is 0 Å². The maximum absolute atomic E-state index is 11.6. The predicted octanol–water partition coefficient (Wildman–Crippen LogP) is 1.34. The normalized spacial score (nSPS) is 12.9. The summed E-state index contributed by atoms with van der Waals surface area (Å²) >= 11 is 0. The summed E-state index contributed by atoms with van der Waals surface area (Å²) in [4.78, 5) is 15.6. The number of hydrogen-bond donors (Lipinski definition) is 0. The Balaban J connectivity index is 2.17. The van der Waals surface area contributed by atoms with Crippen LogP contribution in [0.1, 0.15) is 23.2 Å². The van der Waals surface area contributed by atoms with Crippen molar-refractivity contribution in [1.29, 1.82) is 5.26 Å². The average Bonchev–Trinajstić information content (AvgIpc) is 2.35. The predicted molar refractivity (Wildman–Crippen MR) is 54.4 cm³/mol. The van der Waals surface area contributed by atoms with Crippen LogP contribution in [0.3, 0.4) is 0 Å². The van der Waals surface area contributed by atoms with E-state index < -0.39 is 0 Å². The van der Waals surface area contributed by atoms with Crippen LogP contribution in [-0.4, -0.2) is 24.0 Å². The van der Waals surface area contributed by atoms with Gasteiger partial charge in [-0.25, -0.2) is 4.98 Å². The van der Waals surface area contributed by atoms with Gasteiger partial charge in [-0.1, -0.05) is 0 Å². The zero-order valence-electron chi connectivity index (χ0n) is 8.60. The second kappa shape index (κ2) is 4.62. The third-order valence-corrected chi connectivity index (χ3v) is 2.18. The van der Waals surface area contributed by atoms with E-state index in [-0.39, 0.29) is 18.6 Å². The molecule has 82 valence electrons. The molecule has 0 spiro atoms. The van der Waals surface area contributed by atoms with Crippen LogP contribution in [0.5, 0.6) is 11.6 Å². The van der Waals surface area contributed by atoms with Crippen LogP contribution in [0.25, 0.3) is 0 Å². The molecule has 2 heterocycles. The first-order chi connectivity index (χ1) is 7.81. The van der Waals surface area contributed by atoms with Crippen molar-refractivity contribution in [2.45, 2.75) is 12.8 Å². The van der Waals surface area contributed by atoms with Crippen LogP contribution in [0.2, 0.25) is 0 Å². The molecule has 5 heteroatoms. The number of rotatable bonds is 3. The summed E-state index contributed by atoms with van der Waals surface area (Å²) in [5.41, 5.74) is 0.458. The number of hydrogen-bond acceptors (Lipinski definition) is 5. The van der Waals surface area contributed by atoms with E-state index in [1.807, 2.05) is 6.07 Å². The molecule has 0 fully saturated rings. The van der Waals surface area contributed by atoms with E-state index in [4.69, 9.17) is 14.7 Å². The maximum Gasteiger partial charge on any atom is 0.257 e. The van der Waals surface area contributed by atoms with Crippen LogP contribution in [0.4, 0.5) is 0 Å². The molecule has 0 atom stereocenters. The third kappa shape index (κ3) is 2.11. The highest BCUT2D eigenvalue weighted by molar-refractivity contribution is 5.96. The molecule has 0 bridgehead atoms. The van der Waals surface area contributed by atoms with Gasteiger partial charge in [-0.3, -0.25) is 4.79 Å². The Labute approximate surface area is 92.6 Å². The minimum absolute atomic E-state index is 0.106. The van der Waals surface area contributed by atoms with Crippen molar-refractivity contribution in [3.8, 4) is 17.7 Å². The Hall–Kier alpha value is -2.09. The highest BCUT2D eigenvalue weighted by atomic mass is 16.6. The van der Waals surface area contributed by atoms with Gasteiger partial charge in [0.05, 0.1) is 6.07 Å². The van der Waals surface area contributed by atoms with Crippen molar-refractivity contribution in [2.75, 3.05) is 13.2 Å². The number of fused-ring (bicyclic) bond motifs is 1. The SMILES string of the molecule is N#CCCC(=O)c1cnc2c(c1)OCCO2. The van der Waals surface area contributed by atoms with Crippen LogP contribution >= 0.6 is 0 Å². The van der Waals surface area contributed by atoms with E-state index in [1.54, 1.807) is 6.07 Å². The molecular formula is C11H10N2O3. The quantitative estimate of drug-likeness (QED) is 0.716. The van der Waals surface area contributed by atoms with Gasteiger partial charge in [0.2, 0.25) is 0 Å². The Morgan fingerprint density at radius 1 is 1.50 bits per heavy atom. The highest BCUT2D eigenvalue weighted by Gasteiger charge is 2.15. The molecule has 0 aromatic carbocycles. The van der Waals surface area contributed by atoms with E-state index in [1.165, 1.54) is 6.20 Å². The summed E-state index contributed by atoms with van der Waals surface area (Å²) in [5, 5.41) is 8.39. The Morgan fingerprint density at radius 2 is 2.31 bits per heavy atom. The van der Waals surface area contributed by atoms with Crippen molar-refractivity contribution < 1.29 is 14.3 Å². The number of nitrogens with zero attached hydrogens (tertiary/aromatic N) is 2. The van der Waals surface area contributed by atoms with E-state index in [0.29, 0.717) is 30.4 Å². The van der Waals surface area contributed by atoms with E-state index >= 15 is 0 Å². The standard InChI is InChI=1S/C11H10N2O3/c12-3-1-2-9(14)8-6-10-11(13-7-8)16-5-4-15-10/h6-7H,1-2,4-5H2. The van der Waals surface area contributed by atoms with Gasteiger partial charge in [-0.05, 0) is 6.07 Å². The molecule has 2 rings (SSSR count). The van der Waals surface area contributed by atoms with Gasteiger partial charge >= 0.3 is 0 Å². The molecule has 1 aliphatic rings. The summed E-state index contributed by atoms with van der Waals surface area (Å²) in [7, 11) is 0. The van der Waals surface area contributed by atoms with Crippen molar-refractivity contribution >= 4 is 5.78 Å². The van der Waals surface area contributed by atoms with E-state index in [2.05, 4.69) is 4.98 Å². The minimum atomic E-state index is -0.106. The van der Waals surface area contributed by atoms with Crippen LogP contribution in [0.15, 0.2) is 12.3 Å². The topological polar surface area (TPSA) is 72.2 Å². The number of ketones is 1. The second-order valence-electron chi connectivity index (χ2n) is 3.31. The third-order valence-electron chi connectivity index (χ3n) is 2.18. The molecule has 1 aromatic heterocycles. The fourth-order valence-corrected chi connectivity index (χ4v) is 1.40. The summed E-state index contributed by atoms with van der Waals surface area (Å²) in [6.07, 6.45) is 1.87. The first kappa shape index (κ1) is 10.4. The van der Waals surface area contributed by atoms with Gasteiger partial charge in [0.25, 0.3) is 5.88 Å². The summed E-state index contributed by atoms with van der Waals surface area (Å²) in [6.45, 7) is 0.937. The Bertz CT molecular complexity index is 451. The molecular weight excluding hydrogens is 208 g/mol. The van der Waals surface area contributed by atoms with Gasteiger partial charge in [0.15, 0.2) is 11.5 Å². The number of aromatic nitrogens is 1. The van der Waals surface area contributed by atoms with E-state index in [9.17, 15) is 4.79 Å². The molecule has 0 radical (unpaired) electrons. The summed E-state index contributed by atoms with van der Waals surface area (Å²) in [6, 6.07) is 3.55. The van der Waals surface area contributed by atoms with Gasteiger partial charge in [0.1, 0.15) is 13.2 Å². The van der Waals surface area contributed by atoms with E-state index in [0.717, 1.165) is 0 Å². The molecule has 5 nitrogen and oxygen atoms in total. The van der Waals surface area contributed by atoms with Crippen LogP contribution in [0, 0.1) is 11.3 Å². The summed E-state index contributed by atoms with van der Waals surface area (Å²) in [5.74, 6) is 0.808. The molecule has 16 heavy (non-hydrogen) atoms. The number of pyridine rings is 1. The maximum atomic E-state index is 11.6. The number of Topliss-reactive ketones (excluding diaryl/α,β-unsaturated/α-hetero) is 1. The molecule has 1 aromatic rings. The van der Waals surface area contributed by atoms with Gasteiger partial charge in [-0.2, -0.15) is 5.26 Å². The highest BCUT2D eigenvalue weighted by Crippen LogP contribution is 2.28. The molecule has 1 aliphatic heterocycles. The number of nitriles is 1. The number of carbonyl (C=O) groups excluding carboxylic acids is 1. The smallest absolute Gasteiger partial charge is 0.257 e. The fourth-order valence-electron chi connectivity index (χ4n) is 1.40. The number of carbonyl (C=O) groups is 1. The Kier molecular flexibility index (Phi) is 3.01. The molecule has 0 saturated carbocycles.